The van der Waals surface area contributed by atoms with Crippen molar-refractivity contribution in [1.29, 1.82) is 0 Å². The maximum absolute atomic E-state index is 5.72. The molecule has 0 saturated heterocycles. The standard InChI is InChI=1S/C14H11NO.C2H7N.C2H6.CH4/c1-10-6-2-3-7-11(10)14-15-12-8-4-5-9-13(12)16-14;1-3-2;1-2;/h2-9H,1H3;3H,1-2H3;1-2H3;1H4. The summed E-state index contributed by atoms with van der Waals surface area (Å²) in [6.45, 7) is 6.06. The molecule has 0 saturated carbocycles. The van der Waals surface area contributed by atoms with Gasteiger partial charge in [0.1, 0.15) is 5.52 Å². The molecule has 3 heteroatoms. The SMILES string of the molecule is C.CC.CNC.Cc1ccccc1-c1nc2ccccc2o1. The molecule has 0 radical (unpaired) electrons. The highest BCUT2D eigenvalue weighted by Crippen LogP contribution is 2.26. The number of nitrogens with zero attached hydrogens (tertiary/aromatic N) is 1. The summed E-state index contributed by atoms with van der Waals surface area (Å²) < 4.78 is 5.72. The Bertz CT molecular complexity index is 626. The fourth-order valence-corrected chi connectivity index (χ4v) is 1.80. The Balaban J connectivity index is 0.000000663. The lowest BCUT2D eigenvalue weighted by Gasteiger charge is -1.98. The van der Waals surface area contributed by atoms with Gasteiger partial charge in [0.25, 0.3) is 0 Å². The molecule has 0 aliphatic heterocycles. The van der Waals surface area contributed by atoms with Crippen LogP contribution in [0.1, 0.15) is 26.8 Å². The van der Waals surface area contributed by atoms with Gasteiger partial charge in [0.05, 0.1) is 0 Å². The molecule has 22 heavy (non-hydrogen) atoms. The third kappa shape index (κ3) is 5.01. The van der Waals surface area contributed by atoms with Crippen LogP contribution in [0, 0.1) is 6.92 Å². The lowest BCUT2D eigenvalue weighted by Crippen LogP contribution is -1.89. The maximum atomic E-state index is 5.72. The van der Waals surface area contributed by atoms with E-state index in [0.717, 1.165) is 16.7 Å². The van der Waals surface area contributed by atoms with E-state index in [1.165, 1.54) is 5.56 Å². The number of fused-ring (bicyclic) bond motifs is 1. The summed E-state index contributed by atoms with van der Waals surface area (Å²) in [5.74, 6) is 0.694. The molecule has 1 heterocycles. The van der Waals surface area contributed by atoms with E-state index in [1.807, 2.05) is 70.4 Å². The van der Waals surface area contributed by atoms with Crippen LogP contribution < -0.4 is 5.32 Å². The number of oxazole rings is 1. The van der Waals surface area contributed by atoms with Gasteiger partial charge in [-0.15, -0.1) is 0 Å². The van der Waals surface area contributed by atoms with Crippen molar-refractivity contribution in [3.63, 3.8) is 0 Å². The lowest BCUT2D eigenvalue weighted by molar-refractivity contribution is 0.619. The number of hydrogen-bond donors (Lipinski definition) is 1. The second kappa shape index (κ2) is 10.6. The van der Waals surface area contributed by atoms with E-state index in [2.05, 4.69) is 23.3 Å². The molecular formula is C19H28N2O. The normalized spacial score (nSPS) is 8.95. The van der Waals surface area contributed by atoms with Crippen LogP contribution >= 0.6 is 0 Å². The maximum Gasteiger partial charge on any atom is 0.227 e. The molecule has 0 amide bonds. The molecule has 120 valence electrons. The first-order valence-corrected chi connectivity index (χ1v) is 7.26. The minimum absolute atomic E-state index is 0. The second-order valence-electron chi connectivity index (χ2n) is 4.30. The van der Waals surface area contributed by atoms with Crippen molar-refractivity contribution < 1.29 is 4.42 Å². The highest BCUT2D eigenvalue weighted by Gasteiger charge is 2.08. The van der Waals surface area contributed by atoms with Crippen LogP contribution in [-0.4, -0.2) is 19.1 Å². The fraction of sp³-hybridized carbons (Fsp3) is 0.316. The van der Waals surface area contributed by atoms with Crippen molar-refractivity contribution >= 4 is 11.1 Å². The van der Waals surface area contributed by atoms with Crippen molar-refractivity contribution in [3.05, 3.63) is 54.1 Å². The minimum Gasteiger partial charge on any atom is -0.436 e. The van der Waals surface area contributed by atoms with Crippen LogP contribution in [0.3, 0.4) is 0 Å². The molecule has 0 aliphatic rings. The quantitative estimate of drug-likeness (QED) is 0.662. The van der Waals surface area contributed by atoms with E-state index < -0.39 is 0 Å². The summed E-state index contributed by atoms with van der Waals surface area (Å²) in [7, 11) is 3.75. The number of hydrogen-bond acceptors (Lipinski definition) is 3. The molecule has 3 nitrogen and oxygen atoms in total. The lowest BCUT2D eigenvalue weighted by atomic mass is 10.1. The number of benzene rings is 2. The smallest absolute Gasteiger partial charge is 0.227 e. The third-order valence-electron chi connectivity index (χ3n) is 2.67. The molecule has 1 N–H and O–H groups in total. The molecule has 3 rings (SSSR count). The van der Waals surface area contributed by atoms with Gasteiger partial charge in [-0.1, -0.05) is 51.6 Å². The van der Waals surface area contributed by atoms with Crippen molar-refractivity contribution in [3.8, 4) is 11.5 Å². The fourth-order valence-electron chi connectivity index (χ4n) is 1.80. The minimum atomic E-state index is 0. The van der Waals surface area contributed by atoms with Crippen molar-refractivity contribution in [2.45, 2.75) is 28.2 Å². The highest BCUT2D eigenvalue weighted by molar-refractivity contribution is 5.76. The Hall–Kier alpha value is -2.13. The zero-order valence-electron chi connectivity index (χ0n) is 13.5. The van der Waals surface area contributed by atoms with Crippen LogP contribution in [-0.2, 0) is 0 Å². The van der Waals surface area contributed by atoms with Crippen molar-refractivity contribution in [2.75, 3.05) is 14.1 Å². The van der Waals surface area contributed by atoms with Gasteiger partial charge in [0, 0.05) is 5.56 Å². The first-order chi connectivity index (χ1) is 10.3. The van der Waals surface area contributed by atoms with Gasteiger partial charge in [-0.05, 0) is 44.8 Å². The van der Waals surface area contributed by atoms with E-state index in [0.29, 0.717) is 5.89 Å². The molecule has 0 fully saturated rings. The number of aryl methyl sites for hydroxylation is 1. The van der Waals surface area contributed by atoms with Gasteiger partial charge in [0.2, 0.25) is 5.89 Å². The first kappa shape index (κ1) is 19.9. The summed E-state index contributed by atoms with van der Waals surface area (Å²) >= 11 is 0. The monoisotopic (exact) mass is 300 g/mol. The predicted octanol–water partition coefficient (Wildman–Crippen LogP) is 5.30. The molecule has 3 aromatic rings. The second-order valence-corrected chi connectivity index (χ2v) is 4.30. The highest BCUT2D eigenvalue weighted by atomic mass is 16.3. The molecule has 2 aromatic carbocycles. The predicted molar refractivity (Wildman–Crippen MR) is 97.2 cm³/mol. The van der Waals surface area contributed by atoms with Crippen LogP contribution in [0.15, 0.2) is 52.9 Å². The summed E-state index contributed by atoms with van der Waals surface area (Å²) in [5.41, 5.74) is 3.97. The van der Waals surface area contributed by atoms with E-state index in [1.54, 1.807) is 0 Å². The molecule has 0 atom stereocenters. The zero-order valence-corrected chi connectivity index (χ0v) is 13.5. The van der Waals surface area contributed by atoms with Crippen LogP contribution in [0.2, 0.25) is 0 Å². The zero-order chi connectivity index (χ0) is 15.7. The Labute approximate surface area is 134 Å². The van der Waals surface area contributed by atoms with E-state index >= 15 is 0 Å². The van der Waals surface area contributed by atoms with Crippen molar-refractivity contribution in [2.24, 2.45) is 0 Å². The van der Waals surface area contributed by atoms with Crippen molar-refractivity contribution in [1.82, 2.24) is 10.3 Å². The Kier molecular flexibility index (Phi) is 9.55. The van der Waals surface area contributed by atoms with Gasteiger partial charge >= 0.3 is 0 Å². The van der Waals surface area contributed by atoms with Crippen LogP contribution in [0.4, 0.5) is 0 Å². The van der Waals surface area contributed by atoms with Gasteiger partial charge in [-0.3, -0.25) is 0 Å². The topological polar surface area (TPSA) is 38.1 Å². The largest absolute Gasteiger partial charge is 0.436 e. The van der Waals surface area contributed by atoms with E-state index in [4.69, 9.17) is 4.42 Å². The number of para-hydroxylation sites is 2. The summed E-state index contributed by atoms with van der Waals surface area (Å²) in [6.07, 6.45) is 0. The van der Waals surface area contributed by atoms with Gasteiger partial charge in [-0.2, -0.15) is 0 Å². The van der Waals surface area contributed by atoms with Crippen LogP contribution in [0.25, 0.3) is 22.6 Å². The van der Waals surface area contributed by atoms with E-state index in [-0.39, 0.29) is 7.43 Å². The third-order valence-corrected chi connectivity index (χ3v) is 2.67. The van der Waals surface area contributed by atoms with Gasteiger partial charge < -0.3 is 9.73 Å². The molecule has 0 unspecified atom stereocenters. The average molecular weight is 300 g/mol. The summed E-state index contributed by atoms with van der Waals surface area (Å²) in [4.78, 5) is 4.48. The molecule has 0 spiro atoms. The number of aromatic nitrogens is 1. The molecular weight excluding hydrogens is 272 g/mol. The Morgan fingerprint density at radius 2 is 1.45 bits per heavy atom. The molecule has 0 aliphatic carbocycles. The summed E-state index contributed by atoms with van der Waals surface area (Å²) in [6, 6.07) is 15.9. The number of nitrogens with one attached hydrogen (secondary N) is 1. The van der Waals surface area contributed by atoms with Gasteiger partial charge in [-0.25, -0.2) is 4.98 Å². The summed E-state index contributed by atoms with van der Waals surface area (Å²) in [5, 5.41) is 2.75. The van der Waals surface area contributed by atoms with Gasteiger partial charge in [0.15, 0.2) is 5.58 Å². The first-order valence-electron chi connectivity index (χ1n) is 7.26. The molecule has 1 aromatic heterocycles. The average Bonchev–Trinajstić information content (AvgIpc) is 2.94. The van der Waals surface area contributed by atoms with Crippen LogP contribution in [0.5, 0.6) is 0 Å². The number of rotatable bonds is 1. The Morgan fingerprint density at radius 3 is 2.05 bits per heavy atom. The molecule has 0 bridgehead atoms. The van der Waals surface area contributed by atoms with E-state index in [9.17, 15) is 0 Å². The Morgan fingerprint density at radius 1 is 0.909 bits per heavy atom.